The standard InChI is InChI=1S/C13H20BrN/c1-2-5-13(15)9-4-7-11-6-3-8-12(14)10-11/h3,6,8,10,13H,2,4-5,7,9,15H2,1H3. The Kier molecular flexibility index (Phi) is 5.96. The predicted molar refractivity (Wildman–Crippen MR) is 70.0 cm³/mol. The van der Waals surface area contributed by atoms with E-state index in [0.29, 0.717) is 6.04 Å². The summed E-state index contributed by atoms with van der Waals surface area (Å²) in [6, 6.07) is 8.90. The van der Waals surface area contributed by atoms with Gasteiger partial charge in [0.15, 0.2) is 0 Å². The maximum absolute atomic E-state index is 5.97. The summed E-state index contributed by atoms with van der Waals surface area (Å²) in [6.07, 6.45) is 5.81. The van der Waals surface area contributed by atoms with E-state index in [4.69, 9.17) is 5.73 Å². The molecule has 1 nitrogen and oxygen atoms in total. The number of hydrogen-bond donors (Lipinski definition) is 1. The van der Waals surface area contributed by atoms with Gasteiger partial charge in [-0.15, -0.1) is 0 Å². The number of nitrogens with two attached hydrogens (primary N) is 1. The fraction of sp³-hybridized carbons (Fsp3) is 0.538. The zero-order valence-electron chi connectivity index (χ0n) is 9.38. The van der Waals surface area contributed by atoms with Crippen molar-refractivity contribution in [3.05, 3.63) is 34.3 Å². The zero-order valence-corrected chi connectivity index (χ0v) is 11.0. The van der Waals surface area contributed by atoms with Crippen LogP contribution in [0.1, 0.15) is 38.2 Å². The molecule has 0 saturated carbocycles. The molecule has 2 N–H and O–H groups in total. The Morgan fingerprint density at radius 1 is 1.33 bits per heavy atom. The highest BCUT2D eigenvalue weighted by molar-refractivity contribution is 9.10. The van der Waals surface area contributed by atoms with Gasteiger partial charge in [0.25, 0.3) is 0 Å². The lowest BCUT2D eigenvalue weighted by Crippen LogP contribution is -2.19. The smallest absolute Gasteiger partial charge is 0.0177 e. The largest absolute Gasteiger partial charge is 0.328 e. The fourth-order valence-electron chi connectivity index (χ4n) is 1.78. The highest BCUT2D eigenvalue weighted by atomic mass is 79.9. The van der Waals surface area contributed by atoms with E-state index in [1.54, 1.807) is 0 Å². The molecule has 0 fully saturated rings. The molecule has 0 aromatic heterocycles. The highest BCUT2D eigenvalue weighted by Gasteiger charge is 2.01. The second-order valence-electron chi connectivity index (χ2n) is 4.07. The minimum atomic E-state index is 0.391. The molecule has 0 saturated heterocycles. The molecule has 0 aliphatic rings. The summed E-state index contributed by atoms with van der Waals surface area (Å²) in [5.41, 5.74) is 7.37. The Morgan fingerprint density at radius 2 is 2.13 bits per heavy atom. The third-order valence-electron chi connectivity index (χ3n) is 2.59. The van der Waals surface area contributed by atoms with Crippen molar-refractivity contribution >= 4 is 15.9 Å². The Labute approximate surface area is 101 Å². The molecule has 1 unspecified atom stereocenters. The van der Waals surface area contributed by atoms with Crippen LogP contribution in [0.4, 0.5) is 0 Å². The second kappa shape index (κ2) is 7.02. The van der Waals surface area contributed by atoms with Gasteiger partial charge in [0, 0.05) is 10.5 Å². The van der Waals surface area contributed by atoms with Gasteiger partial charge < -0.3 is 5.73 Å². The molecule has 0 heterocycles. The normalized spacial score (nSPS) is 12.7. The molecule has 84 valence electrons. The van der Waals surface area contributed by atoms with E-state index >= 15 is 0 Å². The van der Waals surface area contributed by atoms with E-state index in [1.807, 2.05) is 0 Å². The Bertz CT molecular complexity index is 286. The molecular weight excluding hydrogens is 250 g/mol. The van der Waals surface area contributed by atoms with Gasteiger partial charge >= 0.3 is 0 Å². The van der Waals surface area contributed by atoms with Gasteiger partial charge in [-0.1, -0.05) is 41.4 Å². The van der Waals surface area contributed by atoms with Crippen LogP contribution in [0, 0.1) is 0 Å². The molecule has 1 aromatic carbocycles. The van der Waals surface area contributed by atoms with E-state index in [-0.39, 0.29) is 0 Å². The van der Waals surface area contributed by atoms with Crippen LogP contribution in [-0.2, 0) is 6.42 Å². The van der Waals surface area contributed by atoms with Crippen molar-refractivity contribution in [2.45, 2.75) is 45.1 Å². The number of benzene rings is 1. The minimum Gasteiger partial charge on any atom is -0.328 e. The van der Waals surface area contributed by atoms with Crippen molar-refractivity contribution in [1.29, 1.82) is 0 Å². The van der Waals surface area contributed by atoms with Crippen molar-refractivity contribution in [1.82, 2.24) is 0 Å². The van der Waals surface area contributed by atoms with Crippen LogP contribution in [-0.4, -0.2) is 6.04 Å². The molecule has 0 spiro atoms. The fourth-order valence-corrected chi connectivity index (χ4v) is 2.22. The van der Waals surface area contributed by atoms with Gasteiger partial charge in [0.2, 0.25) is 0 Å². The summed E-state index contributed by atoms with van der Waals surface area (Å²) >= 11 is 3.48. The van der Waals surface area contributed by atoms with Crippen LogP contribution >= 0.6 is 15.9 Å². The van der Waals surface area contributed by atoms with Crippen molar-refractivity contribution < 1.29 is 0 Å². The highest BCUT2D eigenvalue weighted by Crippen LogP contribution is 2.14. The second-order valence-corrected chi connectivity index (χ2v) is 4.99. The average Bonchev–Trinajstić information content (AvgIpc) is 2.18. The van der Waals surface area contributed by atoms with Gasteiger partial charge in [-0.25, -0.2) is 0 Å². The van der Waals surface area contributed by atoms with Crippen molar-refractivity contribution in [3.8, 4) is 0 Å². The lowest BCUT2D eigenvalue weighted by molar-refractivity contribution is 0.539. The minimum absolute atomic E-state index is 0.391. The van der Waals surface area contributed by atoms with Crippen molar-refractivity contribution in [2.75, 3.05) is 0 Å². The first kappa shape index (κ1) is 12.7. The summed E-state index contributed by atoms with van der Waals surface area (Å²) in [5.74, 6) is 0. The zero-order chi connectivity index (χ0) is 11.1. The third kappa shape index (κ3) is 5.33. The van der Waals surface area contributed by atoms with Crippen LogP contribution in [0.2, 0.25) is 0 Å². The molecule has 0 bridgehead atoms. The first-order valence-corrected chi connectivity index (χ1v) is 6.51. The molecule has 0 aliphatic carbocycles. The summed E-state index contributed by atoms with van der Waals surface area (Å²) < 4.78 is 1.16. The molecule has 0 amide bonds. The van der Waals surface area contributed by atoms with Gasteiger partial charge in [-0.2, -0.15) is 0 Å². The molecule has 0 radical (unpaired) electrons. The van der Waals surface area contributed by atoms with Gasteiger partial charge in [0.1, 0.15) is 0 Å². The predicted octanol–water partition coefficient (Wildman–Crippen LogP) is 3.90. The summed E-state index contributed by atoms with van der Waals surface area (Å²) in [4.78, 5) is 0. The number of rotatable bonds is 6. The molecule has 1 rings (SSSR count). The molecule has 2 heteroatoms. The van der Waals surface area contributed by atoms with Gasteiger partial charge in [0.05, 0.1) is 0 Å². The maximum atomic E-state index is 5.97. The average molecular weight is 270 g/mol. The molecular formula is C13H20BrN. The summed E-state index contributed by atoms with van der Waals surface area (Å²) in [7, 11) is 0. The number of aryl methyl sites for hydroxylation is 1. The summed E-state index contributed by atoms with van der Waals surface area (Å²) in [5, 5.41) is 0. The molecule has 1 aromatic rings. The van der Waals surface area contributed by atoms with Gasteiger partial charge in [-0.3, -0.25) is 0 Å². The van der Waals surface area contributed by atoms with Crippen LogP contribution in [0.25, 0.3) is 0 Å². The Balaban J connectivity index is 2.25. The maximum Gasteiger partial charge on any atom is 0.0177 e. The van der Waals surface area contributed by atoms with Crippen LogP contribution in [0.15, 0.2) is 28.7 Å². The first-order valence-electron chi connectivity index (χ1n) is 5.72. The topological polar surface area (TPSA) is 26.0 Å². The number of halogens is 1. The van der Waals surface area contributed by atoms with Crippen molar-refractivity contribution in [2.24, 2.45) is 5.73 Å². The van der Waals surface area contributed by atoms with E-state index in [2.05, 4.69) is 47.1 Å². The van der Waals surface area contributed by atoms with Gasteiger partial charge in [-0.05, 0) is 43.4 Å². The lowest BCUT2D eigenvalue weighted by Gasteiger charge is -2.09. The molecule has 15 heavy (non-hydrogen) atoms. The van der Waals surface area contributed by atoms with Crippen LogP contribution in [0.3, 0.4) is 0 Å². The van der Waals surface area contributed by atoms with Crippen LogP contribution in [0.5, 0.6) is 0 Å². The summed E-state index contributed by atoms with van der Waals surface area (Å²) in [6.45, 7) is 2.19. The van der Waals surface area contributed by atoms with Crippen molar-refractivity contribution in [3.63, 3.8) is 0 Å². The third-order valence-corrected chi connectivity index (χ3v) is 3.08. The monoisotopic (exact) mass is 269 g/mol. The molecule has 0 aliphatic heterocycles. The number of hydrogen-bond acceptors (Lipinski definition) is 1. The first-order chi connectivity index (χ1) is 7.22. The van der Waals surface area contributed by atoms with E-state index in [9.17, 15) is 0 Å². The molecule has 1 atom stereocenters. The Hall–Kier alpha value is -0.340. The quantitative estimate of drug-likeness (QED) is 0.833. The SMILES string of the molecule is CCCC(N)CCCc1cccc(Br)c1. The van der Waals surface area contributed by atoms with E-state index < -0.39 is 0 Å². The lowest BCUT2D eigenvalue weighted by atomic mass is 10.0. The van der Waals surface area contributed by atoms with Crippen LogP contribution < -0.4 is 5.73 Å². The van der Waals surface area contributed by atoms with E-state index in [0.717, 1.165) is 23.7 Å². The Morgan fingerprint density at radius 3 is 2.80 bits per heavy atom. The van der Waals surface area contributed by atoms with E-state index in [1.165, 1.54) is 18.4 Å².